The molecule has 2 aromatic carbocycles. The number of carbonyl (C=O) groups excluding carboxylic acids is 4. The number of nitrogens with one attached hydrogen (secondary N) is 2. The number of hydrogen-bond donors (Lipinski definition) is 2. The predicted octanol–water partition coefficient (Wildman–Crippen LogP) is 3.60. The number of amides is 4. The van der Waals surface area contributed by atoms with Gasteiger partial charge in [-0.1, -0.05) is 36.4 Å². The number of benzene rings is 2. The lowest BCUT2D eigenvalue weighted by molar-refractivity contribution is -0.127. The summed E-state index contributed by atoms with van der Waals surface area (Å²) in [6.45, 7) is -0.0908. The molecule has 0 atom stereocenters. The molecule has 10 heteroatoms. The number of methoxy groups -OCH3 is 1. The minimum Gasteiger partial charge on any atom is -0.463 e. The van der Waals surface area contributed by atoms with Gasteiger partial charge in [-0.25, -0.2) is 14.5 Å². The normalized spacial score (nSPS) is 14.3. The Labute approximate surface area is 211 Å². The van der Waals surface area contributed by atoms with E-state index in [0.717, 1.165) is 15.8 Å². The number of hydrogen-bond acceptors (Lipinski definition) is 6. The van der Waals surface area contributed by atoms with Crippen LogP contribution in [0.2, 0.25) is 0 Å². The van der Waals surface area contributed by atoms with Crippen LogP contribution >= 0.6 is 0 Å². The molecule has 0 aliphatic carbocycles. The molecular formula is C27H22N4O6. The molecule has 0 radical (unpaired) electrons. The van der Waals surface area contributed by atoms with Gasteiger partial charge in [-0.15, -0.1) is 0 Å². The average Bonchev–Trinajstić information content (AvgIpc) is 3.58. The number of fused-ring (bicyclic) bond motifs is 1. The van der Waals surface area contributed by atoms with Gasteiger partial charge in [0, 0.05) is 28.4 Å². The highest BCUT2D eigenvalue weighted by Gasteiger charge is 2.35. The number of furan rings is 1. The number of urea groups is 1. The molecule has 4 amide bonds. The van der Waals surface area contributed by atoms with E-state index < -0.39 is 30.4 Å². The standard InChI is InChI=1S/C27H22N4O6/c1-36-26(34)23-12-11-19(37-23)15-30-14-17(20-9-5-6-10-22(20)30)13-21-25(33)31(27(35)29-21)16-24(32)28-18-7-3-2-4-8-18/h2-14H,15-16H2,1H3,(H,28,32)(H,29,35)/b21-13-. The molecule has 1 aliphatic rings. The van der Waals surface area contributed by atoms with Gasteiger partial charge >= 0.3 is 12.0 Å². The maximum atomic E-state index is 13.0. The van der Waals surface area contributed by atoms with E-state index in [4.69, 9.17) is 4.42 Å². The van der Waals surface area contributed by atoms with Gasteiger partial charge in [0.15, 0.2) is 0 Å². The lowest BCUT2D eigenvalue weighted by Gasteiger charge is -2.11. The van der Waals surface area contributed by atoms with Crippen molar-refractivity contribution >= 4 is 46.5 Å². The van der Waals surface area contributed by atoms with Crippen LogP contribution in [0.3, 0.4) is 0 Å². The zero-order chi connectivity index (χ0) is 25.9. The third kappa shape index (κ3) is 4.85. The highest BCUT2D eigenvalue weighted by molar-refractivity contribution is 6.16. The number of imide groups is 1. The first-order chi connectivity index (χ1) is 17.9. The van der Waals surface area contributed by atoms with Gasteiger partial charge in [0.1, 0.15) is 18.0 Å². The number of anilines is 1. The molecule has 0 saturated carbocycles. The van der Waals surface area contributed by atoms with E-state index in [2.05, 4.69) is 15.4 Å². The molecule has 1 aliphatic heterocycles. The van der Waals surface area contributed by atoms with Crippen LogP contribution in [0.5, 0.6) is 0 Å². The van der Waals surface area contributed by atoms with E-state index in [1.807, 2.05) is 41.1 Å². The van der Waals surface area contributed by atoms with Gasteiger partial charge in [-0.2, -0.15) is 0 Å². The van der Waals surface area contributed by atoms with Gasteiger partial charge in [0.2, 0.25) is 11.7 Å². The number of rotatable bonds is 7. The second kappa shape index (κ2) is 9.86. The van der Waals surface area contributed by atoms with E-state index in [1.54, 1.807) is 42.5 Å². The first-order valence-corrected chi connectivity index (χ1v) is 11.4. The number of para-hydroxylation sites is 2. The topological polar surface area (TPSA) is 123 Å². The second-order valence-electron chi connectivity index (χ2n) is 8.28. The Kier molecular flexibility index (Phi) is 6.29. The Morgan fingerprint density at radius 3 is 2.57 bits per heavy atom. The van der Waals surface area contributed by atoms with Crippen molar-refractivity contribution in [1.29, 1.82) is 0 Å². The van der Waals surface area contributed by atoms with Crippen LogP contribution in [-0.4, -0.2) is 46.9 Å². The lowest BCUT2D eigenvalue weighted by Crippen LogP contribution is -2.38. The Bertz CT molecular complexity index is 1550. The largest absolute Gasteiger partial charge is 0.463 e. The minimum absolute atomic E-state index is 0.0615. The van der Waals surface area contributed by atoms with Crippen molar-refractivity contribution in [2.75, 3.05) is 19.0 Å². The lowest BCUT2D eigenvalue weighted by atomic mass is 10.1. The first-order valence-electron chi connectivity index (χ1n) is 11.4. The molecule has 10 nitrogen and oxygen atoms in total. The third-order valence-electron chi connectivity index (χ3n) is 5.82. The fraction of sp³-hybridized carbons (Fsp3) is 0.111. The number of esters is 1. The van der Waals surface area contributed by atoms with Crippen LogP contribution in [0.15, 0.2) is 83.0 Å². The molecule has 0 spiro atoms. The van der Waals surface area contributed by atoms with Gasteiger partial charge < -0.3 is 24.4 Å². The van der Waals surface area contributed by atoms with Crippen molar-refractivity contribution in [3.8, 4) is 0 Å². The van der Waals surface area contributed by atoms with Gasteiger partial charge in [0.25, 0.3) is 5.91 Å². The molecule has 1 saturated heterocycles. The summed E-state index contributed by atoms with van der Waals surface area (Å²) in [6, 6.07) is 18.9. The molecule has 2 aromatic heterocycles. The molecule has 2 N–H and O–H groups in total. The summed E-state index contributed by atoms with van der Waals surface area (Å²) < 4.78 is 12.2. The summed E-state index contributed by atoms with van der Waals surface area (Å²) in [5.74, 6) is -1.00. The summed E-state index contributed by atoms with van der Waals surface area (Å²) in [5, 5.41) is 6.07. The van der Waals surface area contributed by atoms with Crippen LogP contribution in [0, 0.1) is 0 Å². The molecule has 4 aromatic rings. The fourth-order valence-electron chi connectivity index (χ4n) is 4.10. The van der Waals surface area contributed by atoms with Crippen LogP contribution in [0.4, 0.5) is 10.5 Å². The fourth-order valence-corrected chi connectivity index (χ4v) is 4.10. The second-order valence-corrected chi connectivity index (χ2v) is 8.28. The molecule has 0 unspecified atom stereocenters. The predicted molar refractivity (Wildman–Crippen MR) is 134 cm³/mol. The van der Waals surface area contributed by atoms with Crippen LogP contribution in [0.25, 0.3) is 17.0 Å². The zero-order valence-corrected chi connectivity index (χ0v) is 19.8. The number of ether oxygens (including phenoxy) is 1. The van der Waals surface area contributed by atoms with Crippen LogP contribution < -0.4 is 10.6 Å². The van der Waals surface area contributed by atoms with Crippen LogP contribution in [-0.2, 0) is 20.9 Å². The average molecular weight is 498 g/mol. The molecule has 1 fully saturated rings. The molecule has 37 heavy (non-hydrogen) atoms. The molecule has 0 bridgehead atoms. The maximum absolute atomic E-state index is 13.0. The summed E-state index contributed by atoms with van der Waals surface area (Å²) in [4.78, 5) is 50.4. The van der Waals surface area contributed by atoms with Crippen molar-refractivity contribution in [2.24, 2.45) is 0 Å². The van der Waals surface area contributed by atoms with E-state index in [-0.39, 0.29) is 11.5 Å². The maximum Gasteiger partial charge on any atom is 0.373 e. The van der Waals surface area contributed by atoms with Crippen molar-refractivity contribution < 1.29 is 28.3 Å². The highest BCUT2D eigenvalue weighted by atomic mass is 16.5. The Hall–Kier alpha value is -5.12. The SMILES string of the molecule is COC(=O)c1ccc(Cn2cc(/C=C3\NC(=O)N(CC(=O)Nc4ccccc4)C3=O)c3ccccc32)o1. The van der Waals surface area contributed by atoms with E-state index in [0.29, 0.717) is 23.6 Å². The Morgan fingerprint density at radius 2 is 1.78 bits per heavy atom. The Morgan fingerprint density at radius 1 is 1.03 bits per heavy atom. The molecule has 3 heterocycles. The van der Waals surface area contributed by atoms with Crippen molar-refractivity contribution in [2.45, 2.75) is 6.54 Å². The molecule has 186 valence electrons. The van der Waals surface area contributed by atoms with Gasteiger partial charge in [-0.3, -0.25) is 9.59 Å². The first kappa shape index (κ1) is 23.6. The zero-order valence-electron chi connectivity index (χ0n) is 19.8. The molecule has 5 rings (SSSR count). The van der Waals surface area contributed by atoms with E-state index in [9.17, 15) is 19.2 Å². The van der Waals surface area contributed by atoms with Crippen molar-refractivity contribution in [1.82, 2.24) is 14.8 Å². The third-order valence-corrected chi connectivity index (χ3v) is 5.82. The summed E-state index contributed by atoms with van der Waals surface area (Å²) in [5.41, 5.74) is 2.18. The smallest absolute Gasteiger partial charge is 0.373 e. The summed E-state index contributed by atoms with van der Waals surface area (Å²) in [6.07, 6.45) is 3.40. The summed E-state index contributed by atoms with van der Waals surface area (Å²) in [7, 11) is 1.28. The van der Waals surface area contributed by atoms with Crippen molar-refractivity contribution in [3.63, 3.8) is 0 Å². The number of carbonyl (C=O) groups is 4. The van der Waals surface area contributed by atoms with E-state index >= 15 is 0 Å². The monoisotopic (exact) mass is 498 g/mol. The quantitative estimate of drug-likeness (QED) is 0.228. The Balaban J connectivity index is 1.37. The highest BCUT2D eigenvalue weighted by Crippen LogP contribution is 2.26. The number of nitrogens with zero attached hydrogens (tertiary/aromatic N) is 2. The van der Waals surface area contributed by atoms with Gasteiger partial charge in [0.05, 0.1) is 13.7 Å². The summed E-state index contributed by atoms with van der Waals surface area (Å²) >= 11 is 0. The molecular weight excluding hydrogens is 476 g/mol. The van der Waals surface area contributed by atoms with Crippen LogP contribution in [0.1, 0.15) is 21.9 Å². The van der Waals surface area contributed by atoms with Gasteiger partial charge in [-0.05, 0) is 36.4 Å². The number of aromatic nitrogens is 1. The van der Waals surface area contributed by atoms with E-state index in [1.165, 1.54) is 7.11 Å². The minimum atomic E-state index is -0.672. The van der Waals surface area contributed by atoms with Crippen molar-refractivity contribution in [3.05, 3.63) is 95.7 Å².